The van der Waals surface area contributed by atoms with Crippen LogP contribution in [0, 0.1) is 0 Å². The second-order valence-electron chi connectivity index (χ2n) is 5.15. The van der Waals surface area contributed by atoms with Crippen molar-refractivity contribution in [1.82, 2.24) is 15.0 Å². The number of aryl methyl sites for hydroxylation is 1. The molecule has 0 N–H and O–H groups in total. The first-order chi connectivity index (χ1) is 11.2. The Hall–Kier alpha value is -2.27. The van der Waals surface area contributed by atoms with Crippen LogP contribution in [0.2, 0.25) is 0 Å². The van der Waals surface area contributed by atoms with E-state index in [9.17, 15) is 0 Å². The van der Waals surface area contributed by atoms with Crippen LogP contribution in [-0.4, -0.2) is 22.0 Å². The molecule has 1 aromatic carbocycles. The van der Waals surface area contributed by atoms with E-state index in [1.54, 1.807) is 6.20 Å². The standard InChI is InChI=1S/C18H17BrN4/c1-3-15-12-17(23(2)16-6-4-5-11-20-16)22-18(21-15)13-7-9-14(19)10-8-13/h4-12H,3H2,1-2H3. The molecule has 0 atom stereocenters. The van der Waals surface area contributed by atoms with E-state index in [4.69, 9.17) is 4.98 Å². The van der Waals surface area contributed by atoms with E-state index in [2.05, 4.69) is 32.8 Å². The Labute approximate surface area is 144 Å². The van der Waals surface area contributed by atoms with Crippen LogP contribution in [0.1, 0.15) is 12.6 Å². The largest absolute Gasteiger partial charge is 0.314 e. The van der Waals surface area contributed by atoms with Crippen LogP contribution in [0.25, 0.3) is 11.4 Å². The van der Waals surface area contributed by atoms with Gasteiger partial charge in [-0.2, -0.15) is 0 Å². The lowest BCUT2D eigenvalue weighted by atomic mass is 10.2. The number of nitrogens with zero attached hydrogens (tertiary/aromatic N) is 4. The van der Waals surface area contributed by atoms with E-state index in [-0.39, 0.29) is 0 Å². The number of rotatable bonds is 4. The molecule has 2 aromatic heterocycles. The number of benzene rings is 1. The molecule has 4 nitrogen and oxygen atoms in total. The van der Waals surface area contributed by atoms with Crippen LogP contribution in [0.3, 0.4) is 0 Å². The molecule has 0 bridgehead atoms. The lowest BCUT2D eigenvalue weighted by Gasteiger charge is -2.18. The van der Waals surface area contributed by atoms with Crippen molar-refractivity contribution in [3.63, 3.8) is 0 Å². The fourth-order valence-electron chi connectivity index (χ4n) is 2.23. The third-order valence-electron chi connectivity index (χ3n) is 3.57. The third-order valence-corrected chi connectivity index (χ3v) is 4.10. The first kappa shape index (κ1) is 15.6. The van der Waals surface area contributed by atoms with E-state index in [1.807, 2.05) is 60.5 Å². The summed E-state index contributed by atoms with van der Waals surface area (Å²) < 4.78 is 1.04. The molecule has 0 radical (unpaired) electrons. The predicted octanol–water partition coefficient (Wildman–Crippen LogP) is 4.63. The lowest BCUT2D eigenvalue weighted by Crippen LogP contribution is -2.14. The highest BCUT2D eigenvalue weighted by molar-refractivity contribution is 9.10. The third kappa shape index (κ3) is 3.56. The van der Waals surface area contributed by atoms with Gasteiger partial charge >= 0.3 is 0 Å². The summed E-state index contributed by atoms with van der Waals surface area (Å²) in [6, 6.07) is 15.9. The Morgan fingerprint density at radius 2 is 1.78 bits per heavy atom. The van der Waals surface area contributed by atoms with Gasteiger partial charge in [-0.05, 0) is 30.7 Å². The van der Waals surface area contributed by atoms with Crippen LogP contribution < -0.4 is 4.90 Å². The van der Waals surface area contributed by atoms with Crippen LogP contribution in [0.15, 0.2) is 59.2 Å². The predicted molar refractivity (Wildman–Crippen MR) is 96.8 cm³/mol. The SMILES string of the molecule is CCc1cc(N(C)c2ccccn2)nc(-c2ccc(Br)cc2)n1. The fourth-order valence-corrected chi connectivity index (χ4v) is 2.50. The molecular weight excluding hydrogens is 352 g/mol. The normalized spacial score (nSPS) is 10.6. The average molecular weight is 369 g/mol. The summed E-state index contributed by atoms with van der Waals surface area (Å²) in [5.74, 6) is 2.43. The minimum atomic E-state index is 0.731. The van der Waals surface area contributed by atoms with Gasteiger partial charge in [-0.25, -0.2) is 15.0 Å². The number of pyridine rings is 1. The van der Waals surface area contributed by atoms with Gasteiger partial charge in [0, 0.05) is 35.0 Å². The number of aromatic nitrogens is 3. The highest BCUT2D eigenvalue weighted by Crippen LogP contribution is 2.25. The molecule has 3 aromatic rings. The number of halogens is 1. The molecule has 0 saturated carbocycles. The average Bonchev–Trinajstić information content (AvgIpc) is 2.62. The van der Waals surface area contributed by atoms with Gasteiger partial charge in [0.1, 0.15) is 11.6 Å². The van der Waals surface area contributed by atoms with Crippen molar-refractivity contribution in [2.75, 3.05) is 11.9 Å². The van der Waals surface area contributed by atoms with E-state index < -0.39 is 0 Å². The molecule has 3 rings (SSSR count). The van der Waals surface area contributed by atoms with Gasteiger partial charge in [-0.1, -0.05) is 41.1 Å². The van der Waals surface area contributed by atoms with Crippen molar-refractivity contribution in [3.05, 3.63) is 64.9 Å². The zero-order valence-corrected chi connectivity index (χ0v) is 14.7. The molecule has 116 valence electrons. The Kier molecular flexibility index (Phi) is 4.67. The minimum Gasteiger partial charge on any atom is -0.314 e. The summed E-state index contributed by atoms with van der Waals surface area (Å²) >= 11 is 3.46. The van der Waals surface area contributed by atoms with Crippen LogP contribution in [-0.2, 0) is 6.42 Å². The van der Waals surface area contributed by atoms with Crippen LogP contribution in [0.4, 0.5) is 11.6 Å². The van der Waals surface area contributed by atoms with Crippen molar-refractivity contribution in [3.8, 4) is 11.4 Å². The fraction of sp³-hybridized carbons (Fsp3) is 0.167. The smallest absolute Gasteiger partial charge is 0.161 e. The maximum Gasteiger partial charge on any atom is 0.161 e. The van der Waals surface area contributed by atoms with Crippen molar-refractivity contribution in [2.45, 2.75) is 13.3 Å². The molecule has 0 aliphatic rings. The molecule has 0 spiro atoms. The molecule has 0 amide bonds. The molecule has 0 aliphatic carbocycles. The molecule has 5 heteroatoms. The highest BCUT2D eigenvalue weighted by atomic mass is 79.9. The molecule has 0 fully saturated rings. The van der Waals surface area contributed by atoms with Gasteiger partial charge in [0.2, 0.25) is 0 Å². The van der Waals surface area contributed by atoms with Crippen molar-refractivity contribution < 1.29 is 0 Å². The lowest BCUT2D eigenvalue weighted by molar-refractivity contribution is 0.979. The maximum absolute atomic E-state index is 4.72. The number of hydrogen-bond acceptors (Lipinski definition) is 4. The van der Waals surface area contributed by atoms with E-state index in [0.717, 1.165) is 39.6 Å². The van der Waals surface area contributed by atoms with E-state index in [0.29, 0.717) is 0 Å². The zero-order valence-electron chi connectivity index (χ0n) is 13.1. The van der Waals surface area contributed by atoms with Crippen molar-refractivity contribution >= 4 is 27.6 Å². The summed E-state index contributed by atoms with van der Waals surface area (Å²) in [4.78, 5) is 15.7. The molecule has 0 saturated heterocycles. The summed E-state index contributed by atoms with van der Waals surface area (Å²) in [5, 5.41) is 0. The zero-order chi connectivity index (χ0) is 16.2. The molecule has 23 heavy (non-hydrogen) atoms. The van der Waals surface area contributed by atoms with Crippen molar-refractivity contribution in [1.29, 1.82) is 0 Å². The van der Waals surface area contributed by atoms with Gasteiger partial charge in [0.05, 0.1) is 0 Å². The Morgan fingerprint density at radius 3 is 2.43 bits per heavy atom. The molecular formula is C18H17BrN4. The summed E-state index contributed by atoms with van der Waals surface area (Å²) in [6.45, 7) is 2.10. The van der Waals surface area contributed by atoms with Gasteiger partial charge in [0.25, 0.3) is 0 Å². The Morgan fingerprint density at radius 1 is 1.00 bits per heavy atom. The number of hydrogen-bond donors (Lipinski definition) is 0. The highest BCUT2D eigenvalue weighted by Gasteiger charge is 2.11. The quantitative estimate of drug-likeness (QED) is 0.672. The summed E-state index contributed by atoms with van der Waals surface area (Å²) in [6.07, 6.45) is 2.64. The van der Waals surface area contributed by atoms with Crippen LogP contribution in [0.5, 0.6) is 0 Å². The minimum absolute atomic E-state index is 0.731. The van der Waals surface area contributed by atoms with Gasteiger partial charge in [-0.15, -0.1) is 0 Å². The Bertz CT molecular complexity index is 788. The Balaban J connectivity index is 2.04. The first-order valence-corrected chi connectivity index (χ1v) is 8.25. The first-order valence-electron chi connectivity index (χ1n) is 7.46. The monoisotopic (exact) mass is 368 g/mol. The second-order valence-corrected chi connectivity index (χ2v) is 6.06. The summed E-state index contributed by atoms with van der Waals surface area (Å²) in [5.41, 5.74) is 2.01. The topological polar surface area (TPSA) is 41.9 Å². The molecule has 0 aliphatic heterocycles. The van der Waals surface area contributed by atoms with E-state index >= 15 is 0 Å². The van der Waals surface area contributed by atoms with E-state index in [1.165, 1.54) is 0 Å². The molecule has 0 unspecified atom stereocenters. The maximum atomic E-state index is 4.72. The van der Waals surface area contributed by atoms with Crippen molar-refractivity contribution in [2.24, 2.45) is 0 Å². The number of anilines is 2. The van der Waals surface area contributed by atoms with Gasteiger partial charge < -0.3 is 4.90 Å². The second kappa shape index (κ2) is 6.87. The van der Waals surface area contributed by atoms with Gasteiger partial charge in [-0.3, -0.25) is 0 Å². The van der Waals surface area contributed by atoms with Crippen LogP contribution >= 0.6 is 15.9 Å². The summed E-state index contributed by atoms with van der Waals surface area (Å²) in [7, 11) is 1.97. The van der Waals surface area contributed by atoms with Gasteiger partial charge in [0.15, 0.2) is 5.82 Å². The molecule has 2 heterocycles.